The summed E-state index contributed by atoms with van der Waals surface area (Å²) in [7, 11) is 0. The zero-order valence-corrected chi connectivity index (χ0v) is 8.94. The van der Waals surface area contributed by atoms with Crippen LogP contribution in [0.15, 0.2) is 0 Å². The molecule has 1 fully saturated rings. The van der Waals surface area contributed by atoms with Gasteiger partial charge in [-0.05, 0) is 13.3 Å². The van der Waals surface area contributed by atoms with E-state index in [-0.39, 0.29) is 24.7 Å². The van der Waals surface area contributed by atoms with Crippen LogP contribution in [0.5, 0.6) is 0 Å². The van der Waals surface area contributed by atoms with E-state index < -0.39 is 6.10 Å². The second-order valence-electron chi connectivity index (χ2n) is 3.59. The Hall–Kier alpha value is -1.10. The normalized spacial score (nSPS) is 20.4. The summed E-state index contributed by atoms with van der Waals surface area (Å²) in [6, 6.07) is 0. The molecule has 0 aromatic carbocycles. The molecule has 5 nitrogen and oxygen atoms in total. The molecule has 0 bridgehead atoms. The summed E-state index contributed by atoms with van der Waals surface area (Å²) >= 11 is 0. The minimum absolute atomic E-state index is 0.0837. The summed E-state index contributed by atoms with van der Waals surface area (Å²) in [6.07, 6.45) is 0.521. The van der Waals surface area contributed by atoms with Crippen LogP contribution >= 0.6 is 0 Å². The SMILES string of the molecule is CCOC(=O)CCC(=O)N1CC[C@@H](O)C1. The van der Waals surface area contributed by atoms with Crippen LogP contribution in [0.2, 0.25) is 0 Å². The lowest BCUT2D eigenvalue weighted by Gasteiger charge is -2.14. The number of β-amino-alcohol motifs (C(OH)–C–C–N with tert-alkyl or cyclic N) is 1. The minimum atomic E-state index is -0.406. The Labute approximate surface area is 89.0 Å². The van der Waals surface area contributed by atoms with Crippen molar-refractivity contribution >= 4 is 11.9 Å². The molecule has 0 aromatic heterocycles. The third-order valence-electron chi connectivity index (χ3n) is 2.36. The number of nitrogens with zero attached hydrogens (tertiary/aromatic N) is 1. The van der Waals surface area contributed by atoms with Gasteiger partial charge in [0.15, 0.2) is 0 Å². The predicted octanol–water partition coefficient (Wildman–Crippen LogP) is -0.0771. The summed E-state index contributed by atoms with van der Waals surface area (Å²) in [4.78, 5) is 24.1. The molecule has 15 heavy (non-hydrogen) atoms. The van der Waals surface area contributed by atoms with Crippen LogP contribution in [-0.2, 0) is 14.3 Å². The van der Waals surface area contributed by atoms with Gasteiger partial charge in [0.2, 0.25) is 5.91 Å². The molecule has 0 spiro atoms. The number of amides is 1. The third kappa shape index (κ3) is 3.87. The zero-order valence-electron chi connectivity index (χ0n) is 8.94. The maximum atomic E-state index is 11.5. The molecule has 0 radical (unpaired) electrons. The number of hydrogen-bond acceptors (Lipinski definition) is 4. The Morgan fingerprint density at radius 3 is 2.73 bits per heavy atom. The van der Waals surface area contributed by atoms with E-state index in [1.807, 2.05) is 0 Å². The number of aliphatic hydroxyl groups is 1. The van der Waals surface area contributed by atoms with Gasteiger partial charge in [-0.1, -0.05) is 0 Å². The van der Waals surface area contributed by atoms with Crippen LogP contribution < -0.4 is 0 Å². The molecule has 0 unspecified atom stereocenters. The number of rotatable bonds is 4. The van der Waals surface area contributed by atoms with E-state index in [1.54, 1.807) is 11.8 Å². The standard InChI is InChI=1S/C10H17NO4/c1-2-15-10(14)4-3-9(13)11-6-5-8(12)7-11/h8,12H,2-7H2,1H3/t8-/m1/s1. The molecule has 0 aromatic rings. The van der Waals surface area contributed by atoms with Crippen molar-refractivity contribution in [3.8, 4) is 0 Å². The summed E-state index contributed by atoms with van der Waals surface area (Å²) in [5.41, 5.74) is 0. The van der Waals surface area contributed by atoms with Gasteiger partial charge in [-0.15, -0.1) is 0 Å². The van der Waals surface area contributed by atoms with Crippen molar-refractivity contribution in [3.63, 3.8) is 0 Å². The average Bonchev–Trinajstić information content (AvgIpc) is 2.62. The Morgan fingerprint density at radius 1 is 1.47 bits per heavy atom. The first-order valence-corrected chi connectivity index (χ1v) is 5.25. The molecule has 1 aliphatic rings. The van der Waals surface area contributed by atoms with Gasteiger partial charge in [0, 0.05) is 19.5 Å². The Balaban J connectivity index is 2.21. The van der Waals surface area contributed by atoms with Gasteiger partial charge in [-0.3, -0.25) is 9.59 Å². The summed E-state index contributed by atoms with van der Waals surface area (Å²) in [6.45, 7) is 3.05. The van der Waals surface area contributed by atoms with Crippen LogP contribution in [0, 0.1) is 0 Å². The van der Waals surface area contributed by atoms with Crippen LogP contribution in [0.25, 0.3) is 0 Å². The maximum absolute atomic E-state index is 11.5. The highest BCUT2D eigenvalue weighted by molar-refractivity contribution is 5.81. The van der Waals surface area contributed by atoms with Gasteiger partial charge < -0.3 is 14.7 Å². The molecule has 1 saturated heterocycles. The van der Waals surface area contributed by atoms with Crippen LogP contribution in [0.4, 0.5) is 0 Å². The Bertz CT molecular complexity index is 242. The van der Waals surface area contributed by atoms with Gasteiger partial charge in [0.25, 0.3) is 0 Å². The molecule has 5 heteroatoms. The van der Waals surface area contributed by atoms with Crippen LogP contribution in [-0.4, -0.2) is 47.7 Å². The molecule has 1 rings (SSSR count). The van der Waals surface area contributed by atoms with Gasteiger partial charge in [-0.25, -0.2) is 0 Å². The Morgan fingerprint density at radius 2 is 2.20 bits per heavy atom. The van der Waals surface area contributed by atoms with Crippen molar-refractivity contribution in [2.24, 2.45) is 0 Å². The number of hydrogen-bond donors (Lipinski definition) is 1. The molecule has 1 heterocycles. The first-order chi connectivity index (χ1) is 7.13. The van der Waals surface area contributed by atoms with E-state index in [0.29, 0.717) is 26.1 Å². The average molecular weight is 215 g/mol. The van der Waals surface area contributed by atoms with Crippen molar-refractivity contribution in [2.75, 3.05) is 19.7 Å². The first-order valence-electron chi connectivity index (χ1n) is 5.25. The van der Waals surface area contributed by atoms with E-state index in [0.717, 1.165) is 0 Å². The van der Waals surface area contributed by atoms with E-state index in [9.17, 15) is 14.7 Å². The molecular weight excluding hydrogens is 198 g/mol. The predicted molar refractivity (Wildman–Crippen MR) is 53.1 cm³/mol. The lowest BCUT2D eigenvalue weighted by molar-refractivity contribution is -0.145. The molecule has 0 saturated carbocycles. The number of carbonyl (C=O) groups excluding carboxylic acids is 2. The highest BCUT2D eigenvalue weighted by Gasteiger charge is 2.24. The largest absolute Gasteiger partial charge is 0.466 e. The molecule has 1 amide bonds. The molecule has 1 aliphatic heterocycles. The van der Waals surface area contributed by atoms with Crippen molar-refractivity contribution in [3.05, 3.63) is 0 Å². The van der Waals surface area contributed by atoms with E-state index in [2.05, 4.69) is 0 Å². The fourth-order valence-electron chi connectivity index (χ4n) is 1.57. The first kappa shape index (κ1) is 12.0. The number of carbonyl (C=O) groups is 2. The minimum Gasteiger partial charge on any atom is -0.466 e. The topological polar surface area (TPSA) is 66.8 Å². The van der Waals surface area contributed by atoms with Crippen molar-refractivity contribution in [1.82, 2.24) is 4.90 Å². The highest BCUT2D eigenvalue weighted by atomic mass is 16.5. The molecular formula is C10H17NO4. The number of likely N-dealkylation sites (tertiary alicyclic amines) is 1. The van der Waals surface area contributed by atoms with E-state index in [1.165, 1.54) is 0 Å². The fourth-order valence-corrected chi connectivity index (χ4v) is 1.57. The lowest BCUT2D eigenvalue weighted by Crippen LogP contribution is -2.29. The molecule has 0 aliphatic carbocycles. The van der Waals surface area contributed by atoms with Gasteiger partial charge in [-0.2, -0.15) is 0 Å². The second-order valence-corrected chi connectivity index (χ2v) is 3.59. The Kier molecular flexibility index (Phi) is 4.55. The van der Waals surface area contributed by atoms with Gasteiger partial charge in [0.1, 0.15) is 0 Å². The monoisotopic (exact) mass is 215 g/mol. The van der Waals surface area contributed by atoms with Crippen molar-refractivity contribution < 1.29 is 19.4 Å². The molecule has 1 N–H and O–H groups in total. The second kappa shape index (κ2) is 5.70. The van der Waals surface area contributed by atoms with Gasteiger partial charge in [0.05, 0.1) is 19.1 Å². The van der Waals surface area contributed by atoms with Crippen molar-refractivity contribution in [2.45, 2.75) is 32.3 Å². The summed E-state index contributed by atoms with van der Waals surface area (Å²) in [5, 5.41) is 9.22. The number of aliphatic hydroxyl groups excluding tert-OH is 1. The fraction of sp³-hybridized carbons (Fsp3) is 0.800. The maximum Gasteiger partial charge on any atom is 0.306 e. The highest BCUT2D eigenvalue weighted by Crippen LogP contribution is 2.10. The van der Waals surface area contributed by atoms with E-state index >= 15 is 0 Å². The zero-order chi connectivity index (χ0) is 11.3. The smallest absolute Gasteiger partial charge is 0.306 e. The molecule has 1 atom stereocenters. The summed E-state index contributed by atoms with van der Waals surface area (Å²) < 4.78 is 4.72. The van der Waals surface area contributed by atoms with Crippen LogP contribution in [0.3, 0.4) is 0 Å². The number of ether oxygens (including phenoxy) is 1. The molecule has 86 valence electrons. The lowest BCUT2D eigenvalue weighted by atomic mass is 10.3. The van der Waals surface area contributed by atoms with Crippen LogP contribution in [0.1, 0.15) is 26.2 Å². The third-order valence-corrected chi connectivity index (χ3v) is 2.36. The van der Waals surface area contributed by atoms with E-state index in [4.69, 9.17) is 4.74 Å². The number of esters is 1. The van der Waals surface area contributed by atoms with Gasteiger partial charge >= 0.3 is 5.97 Å². The quantitative estimate of drug-likeness (QED) is 0.666. The van der Waals surface area contributed by atoms with Crippen molar-refractivity contribution in [1.29, 1.82) is 0 Å². The summed E-state index contributed by atoms with van der Waals surface area (Å²) in [5.74, 6) is -0.426.